The number of guanidine groups is 1. The quantitative estimate of drug-likeness (QED) is 0.0437. The fourth-order valence-corrected chi connectivity index (χ4v) is 5.80. The lowest BCUT2D eigenvalue weighted by molar-refractivity contribution is -0.134. The maximum Gasteiger partial charge on any atom is 0.243 e. The molecule has 296 valence electrons. The predicted molar refractivity (Wildman–Crippen MR) is 207 cm³/mol. The van der Waals surface area contributed by atoms with Crippen molar-refractivity contribution in [1.82, 2.24) is 26.6 Å². The number of hydrogen-bond acceptors (Lipinski definition) is 7. The van der Waals surface area contributed by atoms with Crippen LogP contribution in [0.2, 0.25) is 0 Å². The highest BCUT2D eigenvalue weighted by molar-refractivity contribution is 5.96. The van der Waals surface area contributed by atoms with Crippen molar-refractivity contribution in [2.45, 2.75) is 83.5 Å². The zero-order valence-corrected chi connectivity index (χ0v) is 31.4. The monoisotopic (exact) mass is 761 g/mol. The first-order valence-electron chi connectivity index (χ1n) is 18.1. The van der Waals surface area contributed by atoms with Gasteiger partial charge in [-0.1, -0.05) is 68.4 Å². The highest BCUT2D eigenvalue weighted by Crippen LogP contribution is 2.18. The van der Waals surface area contributed by atoms with Gasteiger partial charge in [-0.2, -0.15) is 0 Å². The Morgan fingerprint density at radius 2 is 1.27 bits per heavy atom. The largest absolute Gasteiger partial charge is 0.370 e. The topological polar surface area (TPSA) is 253 Å². The number of benzene rings is 3. The number of hydrogen-bond donors (Lipinski definition) is 8. The van der Waals surface area contributed by atoms with Crippen molar-refractivity contribution >= 4 is 52.2 Å². The molecule has 55 heavy (non-hydrogen) atoms. The molecule has 0 aromatic heterocycles. The molecule has 3 aromatic rings. The lowest BCUT2D eigenvalue weighted by atomic mass is 9.98. The van der Waals surface area contributed by atoms with E-state index in [-0.39, 0.29) is 63.0 Å². The number of nitrogens with one attached hydrogen (secondary N) is 5. The molecular formula is C39H52FN9O6. The summed E-state index contributed by atoms with van der Waals surface area (Å²) in [5, 5.41) is 15.3. The molecule has 0 aliphatic carbocycles. The van der Waals surface area contributed by atoms with Crippen LogP contribution >= 0.6 is 0 Å². The van der Waals surface area contributed by atoms with Crippen LogP contribution < -0.4 is 43.8 Å². The normalized spacial score (nSPS) is 13.1. The molecule has 0 aliphatic heterocycles. The first-order chi connectivity index (χ1) is 26.1. The number of rotatable bonds is 21. The van der Waals surface area contributed by atoms with Gasteiger partial charge >= 0.3 is 0 Å². The SMILES string of the molecule is CC(=O)NCCC(=O)N[C@@H](Cc1ccc(F)cc1)C(=O)N[C@H](Cc1ccc2ccccc2c1)C(=O)N[C@@H](CC(C)C)C(=O)N[C@@H](CCCN=C(N)N)C(N)=O. The van der Waals surface area contributed by atoms with Crippen molar-refractivity contribution in [3.05, 3.63) is 83.7 Å². The van der Waals surface area contributed by atoms with Gasteiger partial charge in [-0.15, -0.1) is 0 Å². The van der Waals surface area contributed by atoms with Crippen LogP contribution in [0.25, 0.3) is 10.8 Å². The molecule has 0 aliphatic rings. The van der Waals surface area contributed by atoms with E-state index < -0.39 is 59.5 Å². The average Bonchev–Trinajstić information content (AvgIpc) is 3.12. The summed E-state index contributed by atoms with van der Waals surface area (Å²) in [6.07, 6.45) is 0.513. The molecule has 4 atom stereocenters. The number of nitrogens with zero attached hydrogens (tertiary/aromatic N) is 1. The maximum absolute atomic E-state index is 14.2. The summed E-state index contributed by atoms with van der Waals surface area (Å²) in [5.74, 6) is -4.37. The summed E-state index contributed by atoms with van der Waals surface area (Å²) < 4.78 is 13.7. The second kappa shape index (κ2) is 21.6. The first kappa shape index (κ1) is 43.3. The summed E-state index contributed by atoms with van der Waals surface area (Å²) in [7, 11) is 0. The Kier molecular flexibility index (Phi) is 17.0. The minimum atomic E-state index is -1.24. The van der Waals surface area contributed by atoms with E-state index in [1.807, 2.05) is 56.3 Å². The number of aliphatic imine (C=N–C) groups is 1. The van der Waals surface area contributed by atoms with Crippen molar-refractivity contribution < 1.29 is 33.2 Å². The van der Waals surface area contributed by atoms with Gasteiger partial charge < -0.3 is 43.8 Å². The van der Waals surface area contributed by atoms with Crippen LogP contribution in [-0.4, -0.2) is 78.7 Å². The van der Waals surface area contributed by atoms with E-state index in [9.17, 15) is 33.2 Å². The fourth-order valence-electron chi connectivity index (χ4n) is 5.80. The van der Waals surface area contributed by atoms with Crippen molar-refractivity contribution in [1.29, 1.82) is 0 Å². The van der Waals surface area contributed by atoms with Gasteiger partial charge in [0.15, 0.2) is 5.96 Å². The highest BCUT2D eigenvalue weighted by Gasteiger charge is 2.32. The molecule has 16 heteroatoms. The van der Waals surface area contributed by atoms with Gasteiger partial charge in [0.2, 0.25) is 35.4 Å². The Hall–Kier alpha value is -6.06. The zero-order valence-electron chi connectivity index (χ0n) is 31.4. The van der Waals surface area contributed by atoms with Gasteiger partial charge in [0, 0.05) is 39.3 Å². The smallest absolute Gasteiger partial charge is 0.243 e. The van der Waals surface area contributed by atoms with E-state index in [1.165, 1.54) is 31.2 Å². The Morgan fingerprint density at radius 3 is 1.89 bits per heavy atom. The molecule has 3 aromatic carbocycles. The van der Waals surface area contributed by atoms with Gasteiger partial charge in [0.1, 0.15) is 30.0 Å². The highest BCUT2D eigenvalue weighted by atomic mass is 19.1. The van der Waals surface area contributed by atoms with E-state index in [1.54, 1.807) is 0 Å². The molecule has 0 bridgehead atoms. The minimum Gasteiger partial charge on any atom is -0.370 e. The molecule has 0 saturated heterocycles. The Balaban J connectivity index is 1.91. The third kappa shape index (κ3) is 15.4. The number of fused-ring (bicyclic) bond motifs is 1. The number of carbonyl (C=O) groups is 6. The standard InChI is InChI=1S/C39H52FN9O6/c1-23(2)19-31(36(53)47-30(35(41)52)9-6-17-45-39(42)43)48-38(55)33(22-26-10-13-27-7-4-5-8-28(27)20-26)49-37(54)32(21-25-11-14-29(40)15-12-25)46-34(51)16-18-44-24(3)50/h4-5,7-8,10-15,20,23,30-33H,6,9,16-19,21-22H2,1-3H3,(H2,41,52)(H,44,50)(H,46,51)(H,47,53)(H,48,55)(H,49,54)(H4,42,43,45)/t30-,31-,32-,33+/m0/s1. The van der Waals surface area contributed by atoms with Crippen LogP contribution in [-0.2, 0) is 41.6 Å². The Morgan fingerprint density at radius 1 is 0.709 bits per heavy atom. The number of primary amides is 1. The number of carbonyl (C=O) groups excluding carboxylic acids is 6. The molecule has 0 fully saturated rings. The summed E-state index contributed by atoms with van der Waals surface area (Å²) in [4.78, 5) is 82.2. The molecule has 0 saturated carbocycles. The van der Waals surface area contributed by atoms with Crippen LogP contribution in [0, 0.1) is 11.7 Å². The van der Waals surface area contributed by atoms with Gasteiger partial charge in [-0.05, 0) is 59.2 Å². The van der Waals surface area contributed by atoms with Gasteiger partial charge in [-0.25, -0.2) is 4.39 Å². The van der Waals surface area contributed by atoms with Crippen LogP contribution in [0.5, 0.6) is 0 Å². The molecule has 6 amide bonds. The van der Waals surface area contributed by atoms with Gasteiger partial charge in [-0.3, -0.25) is 33.8 Å². The van der Waals surface area contributed by atoms with E-state index in [0.717, 1.165) is 10.8 Å². The number of halogens is 1. The zero-order chi connectivity index (χ0) is 40.5. The fraction of sp³-hybridized carbons (Fsp3) is 0.410. The van der Waals surface area contributed by atoms with Crippen molar-refractivity contribution in [2.75, 3.05) is 13.1 Å². The third-order valence-electron chi connectivity index (χ3n) is 8.56. The third-order valence-corrected chi connectivity index (χ3v) is 8.56. The summed E-state index contributed by atoms with van der Waals surface area (Å²) >= 11 is 0. The van der Waals surface area contributed by atoms with Gasteiger partial charge in [0.05, 0.1) is 0 Å². The van der Waals surface area contributed by atoms with Crippen LogP contribution in [0.1, 0.15) is 57.6 Å². The van der Waals surface area contributed by atoms with Crippen molar-refractivity contribution in [3.8, 4) is 0 Å². The van der Waals surface area contributed by atoms with E-state index in [0.29, 0.717) is 17.5 Å². The molecule has 0 heterocycles. The molecule has 0 spiro atoms. The lowest BCUT2D eigenvalue weighted by Crippen LogP contribution is -2.59. The molecule has 0 radical (unpaired) electrons. The summed E-state index contributed by atoms with van der Waals surface area (Å²) in [5.41, 5.74) is 17.6. The van der Waals surface area contributed by atoms with E-state index in [2.05, 4.69) is 31.6 Å². The summed E-state index contributed by atoms with van der Waals surface area (Å²) in [6.45, 7) is 5.27. The minimum absolute atomic E-state index is 0.00682. The molecule has 0 unspecified atom stereocenters. The van der Waals surface area contributed by atoms with Gasteiger partial charge in [0.25, 0.3) is 0 Å². The maximum atomic E-state index is 14.2. The van der Waals surface area contributed by atoms with E-state index in [4.69, 9.17) is 17.2 Å². The molecule has 15 nitrogen and oxygen atoms in total. The lowest BCUT2D eigenvalue weighted by Gasteiger charge is -2.27. The second-order valence-corrected chi connectivity index (χ2v) is 13.7. The average molecular weight is 762 g/mol. The first-order valence-corrected chi connectivity index (χ1v) is 18.1. The number of nitrogens with two attached hydrogens (primary N) is 3. The predicted octanol–water partition coefficient (Wildman–Crippen LogP) is 0.815. The van der Waals surface area contributed by atoms with E-state index >= 15 is 0 Å². The van der Waals surface area contributed by atoms with Crippen LogP contribution in [0.4, 0.5) is 4.39 Å². The van der Waals surface area contributed by atoms with Crippen molar-refractivity contribution in [2.24, 2.45) is 28.1 Å². The van der Waals surface area contributed by atoms with Crippen LogP contribution in [0.3, 0.4) is 0 Å². The summed E-state index contributed by atoms with van der Waals surface area (Å²) in [6, 6.07) is 14.0. The Bertz CT molecular complexity index is 1830. The molecule has 11 N–H and O–H groups in total. The number of amides is 6. The van der Waals surface area contributed by atoms with Crippen LogP contribution in [0.15, 0.2) is 71.7 Å². The van der Waals surface area contributed by atoms with Crippen molar-refractivity contribution in [3.63, 3.8) is 0 Å². The Labute approximate surface area is 319 Å². The molecule has 3 rings (SSSR count). The second-order valence-electron chi connectivity index (χ2n) is 13.7. The molecular weight excluding hydrogens is 709 g/mol.